The minimum Gasteiger partial charge on any atom is -0.309 e. The summed E-state index contributed by atoms with van der Waals surface area (Å²) in [6, 6.07) is 4.06. The molecule has 2 rings (SSSR count). The van der Waals surface area contributed by atoms with Crippen LogP contribution in [0, 0.1) is 5.41 Å². The van der Waals surface area contributed by atoms with E-state index in [9.17, 15) is 4.79 Å². The molecule has 1 N–H and O–H groups in total. The summed E-state index contributed by atoms with van der Waals surface area (Å²) in [4.78, 5) is 12.5. The highest BCUT2D eigenvalue weighted by Crippen LogP contribution is 2.31. The number of carbonyl (C=O) groups is 1. The maximum absolute atomic E-state index is 11.2. The Morgan fingerprint density at radius 1 is 1.46 bits per heavy atom. The van der Waals surface area contributed by atoms with E-state index in [4.69, 9.17) is 5.41 Å². The lowest BCUT2D eigenvalue weighted by Gasteiger charge is -2.20. The normalized spacial score (nSPS) is 23.5. The zero-order valence-corrected chi connectivity index (χ0v) is 8.06. The molecule has 0 radical (unpaired) electrons. The topological polar surface area (TPSA) is 40.9 Å². The van der Waals surface area contributed by atoms with Gasteiger partial charge in [-0.05, 0) is 17.9 Å². The molecule has 1 aliphatic rings. The lowest BCUT2D eigenvalue weighted by Crippen LogP contribution is -2.20. The van der Waals surface area contributed by atoms with Gasteiger partial charge in [-0.15, -0.1) is 11.3 Å². The van der Waals surface area contributed by atoms with Gasteiger partial charge in [0.1, 0.15) is 5.78 Å². The van der Waals surface area contributed by atoms with Gasteiger partial charge in [-0.1, -0.05) is 6.07 Å². The van der Waals surface area contributed by atoms with Crippen molar-refractivity contribution in [1.82, 2.24) is 0 Å². The van der Waals surface area contributed by atoms with E-state index in [0.29, 0.717) is 18.6 Å². The largest absolute Gasteiger partial charge is 0.309 e. The second-order valence-electron chi connectivity index (χ2n) is 3.44. The van der Waals surface area contributed by atoms with Crippen LogP contribution in [0.2, 0.25) is 0 Å². The molecule has 1 heterocycles. The van der Waals surface area contributed by atoms with Crippen LogP contribution in [0.4, 0.5) is 0 Å². The van der Waals surface area contributed by atoms with Crippen molar-refractivity contribution in [2.45, 2.75) is 25.2 Å². The number of thiophene rings is 1. The number of rotatable bonds is 1. The molecule has 0 aliphatic heterocycles. The fraction of sp³-hybridized carbons (Fsp3) is 0.400. The lowest BCUT2D eigenvalue weighted by atomic mass is 9.86. The molecule has 1 aromatic heterocycles. The van der Waals surface area contributed by atoms with Crippen LogP contribution in [0.5, 0.6) is 0 Å². The van der Waals surface area contributed by atoms with Crippen LogP contribution in [-0.4, -0.2) is 11.5 Å². The van der Waals surface area contributed by atoms with Gasteiger partial charge in [0.25, 0.3) is 0 Å². The van der Waals surface area contributed by atoms with E-state index in [1.54, 1.807) is 11.3 Å². The van der Waals surface area contributed by atoms with Gasteiger partial charge in [0, 0.05) is 29.3 Å². The van der Waals surface area contributed by atoms with E-state index in [1.807, 2.05) is 11.4 Å². The Morgan fingerprint density at radius 3 is 2.92 bits per heavy atom. The maximum Gasteiger partial charge on any atom is 0.139 e. The summed E-state index contributed by atoms with van der Waals surface area (Å²) in [6.07, 6.45) is 1.77. The van der Waals surface area contributed by atoms with Crippen LogP contribution in [-0.2, 0) is 4.79 Å². The SMILES string of the molecule is N=C1CC(=O)CC(c2cccs2)C1. The predicted octanol–water partition coefficient (Wildman–Crippen LogP) is 2.60. The van der Waals surface area contributed by atoms with Gasteiger partial charge in [0.15, 0.2) is 0 Å². The number of ketones is 1. The number of hydrogen-bond acceptors (Lipinski definition) is 3. The Hall–Kier alpha value is -0.960. The molecular weight excluding hydrogens is 182 g/mol. The first kappa shape index (κ1) is 8.63. The molecule has 0 aromatic carbocycles. The molecule has 0 saturated heterocycles. The second kappa shape index (κ2) is 3.42. The zero-order valence-electron chi connectivity index (χ0n) is 7.25. The van der Waals surface area contributed by atoms with Crippen LogP contribution in [0.3, 0.4) is 0 Å². The summed E-state index contributed by atoms with van der Waals surface area (Å²) < 4.78 is 0. The standard InChI is InChI=1S/C10H11NOS/c11-8-4-7(5-9(12)6-8)10-2-1-3-13-10/h1-3,7,11H,4-6H2. The van der Waals surface area contributed by atoms with Crippen LogP contribution in [0.1, 0.15) is 30.1 Å². The maximum atomic E-state index is 11.2. The highest BCUT2D eigenvalue weighted by atomic mass is 32.1. The zero-order chi connectivity index (χ0) is 9.26. The van der Waals surface area contributed by atoms with Crippen molar-refractivity contribution >= 4 is 22.8 Å². The highest BCUT2D eigenvalue weighted by molar-refractivity contribution is 7.10. The molecule has 1 aromatic rings. The Balaban J connectivity index is 2.16. The Kier molecular flexibility index (Phi) is 2.27. The molecule has 68 valence electrons. The van der Waals surface area contributed by atoms with E-state index >= 15 is 0 Å². The van der Waals surface area contributed by atoms with E-state index in [0.717, 1.165) is 6.42 Å². The smallest absolute Gasteiger partial charge is 0.139 e. The van der Waals surface area contributed by atoms with Gasteiger partial charge in [0.2, 0.25) is 0 Å². The van der Waals surface area contributed by atoms with Gasteiger partial charge in [0.05, 0.1) is 0 Å². The van der Waals surface area contributed by atoms with Crippen molar-refractivity contribution in [2.75, 3.05) is 0 Å². The number of nitrogens with one attached hydrogen (secondary N) is 1. The van der Waals surface area contributed by atoms with Crippen molar-refractivity contribution in [3.05, 3.63) is 22.4 Å². The molecule has 1 saturated carbocycles. The monoisotopic (exact) mass is 193 g/mol. The van der Waals surface area contributed by atoms with Crippen molar-refractivity contribution in [3.63, 3.8) is 0 Å². The van der Waals surface area contributed by atoms with Crippen LogP contribution in [0.25, 0.3) is 0 Å². The number of Topliss-reactive ketones (excluding diaryl/α,β-unsaturated/α-hetero) is 1. The summed E-state index contributed by atoms with van der Waals surface area (Å²) in [5.74, 6) is 0.503. The summed E-state index contributed by atoms with van der Waals surface area (Å²) in [7, 11) is 0. The Labute approximate surface area is 81.1 Å². The van der Waals surface area contributed by atoms with Gasteiger partial charge >= 0.3 is 0 Å². The molecule has 0 spiro atoms. The van der Waals surface area contributed by atoms with Crippen molar-refractivity contribution in [3.8, 4) is 0 Å². The summed E-state index contributed by atoms with van der Waals surface area (Å²) in [5.41, 5.74) is 0.592. The van der Waals surface area contributed by atoms with Crippen LogP contribution >= 0.6 is 11.3 Å². The predicted molar refractivity (Wildman–Crippen MR) is 53.6 cm³/mol. The van der Waals surface area contributed by atoms with E-state index < -0.39 is 0 Å². The molecule has 1 fully saturated rings. The summed E-state index contributed by atoms with van der Waals surface area (Å²) in [6.45, 7) is 0. The van der Waals surface area contributed by atoms with E-state index in [-0.39, 0.29) is 11.7 Å². The summed E-state index contributed by atoms with van der Waals surface area (Å²) >= 11 is 1.68. The molecule has 13 heavy (non-hydrogen) atoms. The molecule has 2 nitrogen and oxygen atoms in total. The molecule has 1 aliphatic carbocycles. The Morgan fingerprint density at radius 2 is 2.31 bits per heavy atom. The van der Waals surface area contributed by atoms with Gasteiger partial charge < -0.3 is 5.41 Å². The number of carbonyl (C=O) groups excluding carboxylic acids is 1. The lowest BCUT2D eigenvalue weighted by molar-refractivity contribution is -0.118. The molecule has 0 amide bonds. The quantitative estimate of drug-likeness (QED) is 0.731. The minimum absolute atomic E-state index is 0.217. The minimum atomic E-state index is 0.217. The molecule has 1 atom stereocenters. The first-order valence-electron chi connectivity index (χ1n) is 4.37. The molecular formula is C10H11NOS. The molecule has 1 unspecified atom stereocenters. The third-order valence-corrected chi connectivity index (χ3v) is 3.36. The third kappa shape index (κ3) is 1.86. The highest BCUT2D eigenvalue weighted by Gasteiger charge is 2.24. The van der Waals surface area contributed by atoms with Gasteiger partial charge in [-0.25, -0.2) is 0 Å². The van der Waals surface area contributed by atoms with Crippen molar-refractivity contribution in [1.29, 1.82) is 5.41 Å². The fourth-order valence-electron chi connectivity index (χ4n) is 1.75. The van der Waals surface area contributed by atoms with Crippen LogP contribution < -0.4 is 0 Å². The second-order valence-corrected chi connectivity index (χ2v) is 4.42. The first-order chi connectivity index (χ1) is 6.25. The summed E-state index contributed by atoms with van der Waals surface area (Å²) in [5, 5.41) is 9.56. The average molecular weight is 193 g/mol. The van der Waals surface area contributed by atoms with E-state index in [1.165, 1.54) is 4.88 Å². The van der Waals surface area contributed by atoms with Crippen molar-refractivity contribution in [2.24, 2.45) is 0 Å². The van der Waals surface area contributed by atoms with E-state index in [2.05, 4.69) is 6.07 Å². The number of hydrogen-bond donors (Lipinski definition) is 1. The van der Waals surface area contributed by atoms with Gasteiger partial charge in [-0.3, -0.25) is 4.79 Å². The molecule has 0 bridgehead atoms. The fourth-order valence-corrected chi connectivity index (χ4v) is 2.58. The van der Waals surface area contributed by atoms with Crippen molar-refractivity contribution < 1.29 is 4.79 Å². The first-order valence-corrected chi connectivity index (χ1v) is 5.25. The molecule has 3 heteroatoms. The average Bonchev–Trinajstić information content (AvgIpc) is 2.53. The van der Waals surface area contributed by atoms with Crippen LogP contribution in [0.15, 0.2) is 17.5 Å². The third-order valence-electron chi connectivity index (χ3n) is 2.32. The van der Waals surface area contributed by atoms with Gasteiger partial charge in [-0.2, -0.15) is 0 Å². The Bertz CT molecular complexity index is 313.